The highest BCUT2D eigenvalue weighted by molar-refractivity contribution is 7.12. The van der Waals surface area contributed by atoms with Crippen LogP contribution in [0.2, 0.25) is 0 Å². The zero-order valence-corrected chi connectivity index (χ0v) is 11.6. The second-order valence-corrected chi connectivity index (χ2v) is 5.21. The van der Waals surface area contributed by atoms with E-state index in [0.29, 0.717) is 12.5 Å². The smallest absolute Gasteiger partial charge is 0.305 e. The third-order valence-corrected chi connectivity index (χ3v) is 4.11. The van der Waals surface area contributed by atoms with E-state index < -0.39 is 0 Å². The monoisotopic (exact) mass is 255 g/mol. The molecule has 1 heterocycles. The zero-order chi connectivity index (χ0) is 12.7. The maximum Gasteiger partial charge on any atom is 0.305 e. The number of methoxy groups -OCH3 is 1. The number of nitrogens with one attached hydrogen (secondary N) is 1. The van der Waals surface area contributed by atoms with Crippen molar-refractivity contribution in [2.24, 2.45) is 0 Å². The first-order valence-corrected chi connectivity index (χ1v) is 6.87. The van der Waals surface area contributed by atoms with Crippen LogP contribution in [0.25, 0.3) is 0 Å². The number of esters is 1. The summed E-state index contributed by atoms with van der Waals surface area (Å²) in [4.78, 5) is 13.7. The fourth-order valence-electron chi connectivity index (χ4n) is 1.57. The number of thiophene rings is 1. The van der Waals surface area contributed by atoms with Gasteiger partial charge in [0.25, 0.3) is 0 Å². The van der Waals surface area contributed by atoms with Crippen molar-refractivity contribution in [1.82, 2.24) is 5.32 Å². The first-order chi connectivity index (χ1) is 8.17. The Morgan fingerprint density at radius 2 is 2.29 bits per heavy atom. The Bertz CT molecular complexity index is 349. The van der Waals surface area contributed by atoms with Crippen LogP contribution in [0.1, 0.15) is 42.5 Å². The summed E-state index contributed by atoms with van der Waals surface area (Å²) in [5, 5.41) is 3.42. The first-order valence-electron chi connectivity index (χ1n) is 6.06. The van der Waals surface area contributed by atoms with Crippen molar-refractivity contribution in [3.63, 3.8) is 0 Å². The molecule has 0 aromatic carbocycles. The summed E-state index contributed by atoms with van der Waals surface area (Å²) < 4.78 is 4.60. The van der Waals surface area contributed by atoms with E-state index in [1.807, 2.05) is 11.3 Å². The van der Waals surface area contributed by atoms with Crippen molar-refractivity contribution in [2.45, 2.75) is 39.2 Å². The average Bonchev–Trinajstić information content (AvgIpc) is 2.82. The van der Waals surface area contributed by atoms with Gasteiger partial charge in [0.15, 0.2) is 0 Å². The van der Waals surface area contributed by atoms with Crippen LogP contribution in [0.4, 0.5) is 0 Å². The maximum absolute atomic E-state index is 10.9. The highest BCUT2D eigenvalue weighted by Crippen LogP contribution is 2.23. The van der Waals surface area contributed by atoms with Gasteiger partial charge in [0.2, 0.25) is 0 Å². The number of carbonyl (C=O) groups is 1. The van der Waals surface area contributed by atoms with E-state index in [2.05, 4.69) is 36.0 Å². The maximum atomic E-state index is 10.9. The second kappa shape index (κ2) is 7.45. The highest BCUT2D eigenvalue weighted by Gasteiger charge is 2.07. The fourth-order valence-corrected chi connectivity index (χ4v) is 2.55. The predicted molar refractivity (Wildman–Crippen MR) is 71.4 cm³/mol. The van der Waals surface area contributed by atoms with Gasteiger partial charge in [-0.2, -0.15) is 0 Å². The number of rotatable bonds is 7. The summed E-state index contributed by atoms with van der Waals surface area (Å²) in [6.45, 7) is 5.17. The minimum atomic E-state index is -0.135. The molecule has 1 aromatic rings. The van der Waals surface area contributed by atoms with Gasteiger partial charge in [-0.05, 0) is 38.4 Å². The molecule has 0 fully saturated rings. The molecule has 0 spiro atoms. The molecule has 0 amide bonds. The van der Waals surface area contributed by atoms with E-state index in [1.165, 1.54) is 16.9 Å². The van der Waals surface area contributed by atoms with Gasteiger partial charge in [-0.25, -0.2) is 0 Å². The van der Waals surface area contributed by atoms with Crippen LogP contribution in [-0.4, -0.2) is 19.6 Å². The Balaban J connectivity index is 2.25. The Morgan fingerprint density at radius 1 is 1.53 bits per heavy atom. The van der Waals surface area contributed by atoms with Crippen molar-refractivity contribution < 1.29 is 9.53 Å². The Morgan fingerprint density at radius 3 is 2.88 bits per heavy atom. The number of carbonyl (C=O) groups excluding carboxylic acids is 1. The number of aryl methyl sites for hydroxylation is 1. The lowest BCUT2D eigenvalue weighted by Gasteiger charge is -2.11. The molecule has 0 aliphatic heterocycles. The summed E-state index contributed by atoms with van der Waals surface area (Å²) in [5.74, 6) is -0.135. The van der Waals surface area contributed by atoms with E-state index in [9.17, 15) is 4.79 Å². The molecule has 3 nitrogen and oxygen atoms in total. The molecule has 0 saturated heterocycles. The number of hydrogen-bond acceptors (Lipinski definition) is 4. The number of hydrogen-bond donors (Lipinski definition) is 1. The van der Waals surface area contributed by atoms with Gasteiger partial charge in [0.05, 0.1) is 7.11 Å². The van der Waals surface area contributed by atoms with Gasteiger partial charge < -0.3 is 10.1 Å². The summed E-state index contributed by atoms with van der Waals surface area (Å²) in [5.41, 5.74) is 0. The standard InChI is InChI=1S/C13H21NO2S/c1-4-11-7-8-12(17-11)10(2)14-9-5-6-13(15)16-3/h7-8,10,14H,4-6,9H2,1-3H3. The van der Waals surface area contributed by atoms with Crippen molar-refractivity contribution in [1.29, 1.82) is 0 Å². The quantitative estimate of drug-likeness (QED) is 0.601. The molecule has 0 bridgehead atoms. The number of ether oxygens (including phenoxy) is 1. The van der Waals surface area contributed by atoms with Crippen LogP contribution in [0, 0.1) is 0 Å². The van der Waals surface area contributed by atoms with Crippen LogP contribution in [0.15, 0.2) is 12.1 Å². The van der Waals surface area contributed by atoms with Gasteiger partial charge in [-0.3, -0.25) is 4.79 Å². The molecule has 0 aliphatic rings. The molecule has 1 N–H and O–H groups in total. The molecular weight excluding hydrogens is 234 g/mol. The van der Waals surface area contributed by atoms with Crippen molar-refractivity contribution in [3.05, 3.63) is 21.9 Å². The van der Waals surface area contributed by atoms with Gasteiger partial charge in [-0.1, -0.05) is 6.92 Å². The Kier molecular flexibility index (Phi) is 6.22. The third-order valence-electron chi connectivity index (χ3n) is 2.69. The van der Waals surface area contributed by atoms with E-state index in [1.54, 1.807) is 0 Å². The Labute approximate surface area is 107 Å². The summed E-state index contributed by atoms with van der Waals surface area (Å²) in [7, 11) is 1.43. The van der Waals surface area contributed by atoms with Gasteiger partial charge in [0.1, 0.15) is 0 Å². The molecule has 1 unspecified atom stereocenters. The second-order valence-electron chi connectivity index (χ2n) is 4.01. The lowest BCUT2D eigenvalue weighted by molar-refractivity contribution is -0.140. The van der Waals surface area contributed by atoms with Crippen LogP contribution in [-0.2, 0) is 16.0 Å². The van der Waals surface area contributed by atoms with Crippen LogP contribution < -0.4 is 5.32 Å². The van der Waals surface area contributed by atoms with E-state index in [0.717, 1.165) is 19.4 Å². The van der Waals surface area contributed by atoms with Gasteiger partial charge >= 0.3 is 5.97 Å². The minimum Gasteiger partial charge on any atom is -0.469 e. The van der Waals surface area contributed by atoms with Crippen LogP contribution in [0.3, 0.4) is 0 Å². The predicted octanol–water partition coefficient (Wildman–Crippen LogP) is 2.91. The van der Waals surface area contributed by atoms with Gasteiger partial charge in [0, 0.05) is 22.2 Å². The summed E-state index contributed by atoms with van der Waals surface area (Å²) >= 11 is 1.86. The zero-order valence-electron chi connectivity index (χ0n) is 10.8. The van der Waals surface area contributed by atoms with Crippen molar-refractivity contribution in [3.8, 4) is 0 Å². The molecule has 0 saturated carbocycles. The van der Waals surface area contributed by atoms with Crippen molar-refractivity contribution in [2.75, 3.05) is 13.7 Å². The van der Waals surface area contributed by atoms with E-state index in [4.69, 9.17) is 0 Å². The van der Waals surface area contributed by atoms with Crippen LogP contribution in [0.5, 0.6) is 0 Å². The molecular formula is C13H21NO2S. The lowest BCUT2D eigenvalue weighted by Crippen LogP contribution is -2.19. The normalized spacial score (nSPS) is 12.4. The molecule has 0 aliphatic carbocycles. The van der Waals surface area contributed by atoms with Crippen molar-refractivity contribution >= 4 is 17.3 Å². The van der Waals surface area contributed by atoms with E-state index >= 15 is 0 Å². The Hall–Kier alpha value is -0.870. The molecule has 17 heavy (non-hydrogen) atoms. The fraction of sp³-hybridized carbons (Fsp3) is 0.615. The lowest BCUT2D eigenvalue weighted by atomic mass is 10.2. The SMILES string of the molecule is CCc1ccc(C(C)NCCCC(=O)OC)s1. The molecule has 1 rings (SSSR count). The molecule has 1 aromatic heterocycles. The topological polar surface area (TPSA) is 38.3 Å². The molecule has 0 radical (unpaired) electrons. The molecule has 4 heteroatoms. The van der Waals surface area contributed by atoms with Crippen LogP contribution >= 0.6 is 11.3 Å². The summed E-state index contributed by atoms with van der Waals surface area (Å²) in [6.07, 6.45) is 2.41. The first kappa shape index (κ1) is 14.2. The summed E-state index contributed by atoms with van der Waals surface area (Å²) in [6, 6.07) is 4.73. The third kappa shape index (κ3) is 4.88. The minimum absolute atomic E-state index is 0.135. The molecule has 96 valence electrons. The van der Waals surface area contributed by atoms with E-state index in [-0.39, 0.29) is 5.97 Å². The average molecular weight is 255 g/mol. The molecule has 1 atom stereocenters. The van der Waals surface area contributed by atoms with Gasteiger partial charge in [-0.15, -0.1) is 11.3 Å². The highest BCUT2D eigenvalue weighted by atomic mass is 32.1. The largest absolute Gasteiger partial charge is 0.469 e.